The van der Waals surface area contributed by atoms with E-state index in [1.54, 1.807) is 24.7 Å². The molecule has 2 aromatic rings. The summed E-state index contributed by atoms with van der Waals surface area (Å²) in [6.07, 6.45) is 6.37. The summed E-state index contributed by atoms with van der Waals surface area (Å²) in [5, 5.41) is 9.14. The largest absolute Gasteiger partial charge is 0.508 e. The van der Waals surface area contributed by atoms with E-state index in [-0.39, 0.29) is 0 Å². The first-order valence-corrected chi connectivity index (χ1v) is 5.37. The van der Waals surface area contributed by atoms with E-state index >= 15 is 0 Å². The number of rotatable bonds is 4. The lowest BCUT2D eigenvalue weighted by atomic mass is 10.1. The third kappa shape index (κ3) is 3.05. The first-order valence-electron chi connectivity index (χ1n) is 5.37. The fourth-order valence-electron chi connectivity index (χ4n) is 1.60. The van der Waals surface area contributed by atoms with E-state index in [1.807, 2.05) is 18.2 Å². The summed E-state index contributed by atoms with van der Waals surface area (Å²) < 4.78 is 0. The van der Waals surface area contributed by atoms with E-state index in [0.717, 1.165) is 25.0 Å². The lowest BCUT2D eigenvalue weighted by Gasteiger charge is -2.01. The molecular formula is C13H14N2O. The van der Waals surface area contributed by atoms with Gasteiger partial charge in [-0.2, -0.15) is 0 Å². The summed E-state index contributed by atoms with van der Waals surface area (Å²) in [5.41, 5.74) is 2.32. The molecule has 16 heavy (non-hydrogen) atoms. The summed E-state index contributed by atoms with van der Waals surface area (Å²) in [6, 6.07) is 9.29. The molecule has 0 aliphatic heterocycles. The second kappa shape index (κ2) is 5.26. The first kappa shape index (κ1) is 10.6. The summed E-state index contributed by atoms with van der Waals surface area (Å²) >= 11 is 0. The van der Waals surface area contributed by atoms with Gasteiger partial charge in [0.15, 0.2) is 0 Å². The molecule has 0 atom stereocenters. The van der Waals surface area contributed by atoms with Gasteiger partial charge in [0.25, 0.3) is 0 Å². The number of phenolic OH excluding ortho intramolecular Hbond substituents is 1. The van der Waals surface area contributed by atoms with Crippen molar-refractivity contribution in [3.8, 4) is 5.75 Å². The summed E-state index contributed by atoms with van der Waals surface area (Å²) in [6.45, 7) is 0. The van der Waals surface area contributed by atoms with Crippen LogP contribution in [0.5, 0.6) is 5.75 Å². The molecule has 1 heterocycles. The number of phenols is 1. The van der Waals surface area contributed by atoms with Crippen LogP contribution in [0.4, 0.5) is 0 Å². The summed E-state index contributed by atoms with van der Waals surface area (Å²) in [4.78, 5) is 8.06. The number of hydrogen-bond donors (Lipinski definition) is 1. The number of aromatic hydroxyl groups is 1. The van der Waals surface area contributed by atoms with Gasteiger partial charge in [-0.15, -0.1) is 0 Å². The molecule has 3 heteroatoms. The molecule has 0 saturated heterocycles. The quantitative estimate of drug-likeness (QED) is 0.849. The molecule has 0 saturated carbocycles. The highest BCUT2D eigenvalue weighted by Crippen LogP contribution is 2.12. The zero-order valence-electron chi connectivity index (χ0n) is 9.00. The first-order chi connectivity index (χ1) is 7.84. The van der Waals surface area contributed by atoms with Crippen molar-refractivity contribution in [1.29, 1.82) is 0 Å². The predicted molar refractivity (Wildman–Crippen MR) is 62.2 cm³/mol. The van der Waals surface area contributed by atoms with E-state index in [4.69, 9.17) is 5.11 Å². The van der Waals surface area contributed by atoms with Crippen LogP contribution in [0, 0.1) is 0 Å². The topological polar surface area (TPSA) is 46.0 Å². The number of aromatic nitrogens is 2. The van der Waals surface area contributed by atoms with Crippen LogP contribution in [0.25, 0.3) is 0 Å². The number of aryl methyl sites for hydroxylation is 2. The van der Waals surface area contributed by atoms with Crippen molar-refractivity contribution in [1.82, 2.24) is 9.97 Å². The Morgan fingerprint density at radius 2 is 1.81 bits per heavy atom. The molecule has 3 nitrogen and oxygen atoms in total. The Balaban J connectivity index is 1.82. The normalized spacial score (nSPS) is 10.2. The van der Waals surface area contributed by atoms with Gasteiger partial charge in [0, 0.05) is 11.9 Å². The lowest BCUT2D eigenvalue weighted by Crippen LogP contribution is -1.92. The van der Waals surface area contributed by atoms with Gasteiger partial charge < -0.3 is 5.11 Å². The van der Waals surface area contributed by atoms with Crippen LogP contribution in [0.3, 0.4) is 0 Å². The molecular weight excluding hydrogens is 200 g/mol. The zero-order chi connectivity index (χ0) is 11.2. The summed E-state index contributed by atoms with van der Waals surface area (Å²) in [5.74, 6) is 0.319. The molecule has 0 radical (unpaired) electrons. The van der Waals surface area contributed by atoms with Gasteiger partial charge in [0.1, 0.15) is 12.1 Å². The predicted octanol–water partition coefficient (Wildman–Crippen LogP) is 2.36. The molecule has 2 rings (SSSR count). The van der Waals surface area contributed by atoms with E-state index in [2.05, 4.69) is 9.97 Å². The van der Waals surface area contributed by atoms with Gasteiger partial charge in [-0.25, -0.2) is 9.97 Å². The van der Waals surface area contributed by atoms with Crippen LogP contribution in [0.1, 0.15) is 17.7 Å². The second-order valence-electron chi connectivity index (χ2n) is 3.72. The van der Waals surface area contributed by atoms with E-state index in [9.17, 15) is 0 Å². The second-order valence-corrected chi connectivity index (χ2v) is 3.72. The molecule has 1 N–H and O–H groups in total. The molecule has 82 valence electrons. The zero-order valence-corrected chi connectivity index (χ0v) is 9.00. The molecule has 0 aliphatic rings. The van der Waals surface area contributed by atoms with Crippen LogP contribution in [-0.2, 0) is 12.8 Å². The van der Waals surface area contributed by atoms with Gasteiger partial charge >= 0.3 is 0 Å². The van der Waals surface area contributed by atoms with Crippen LogP contribution < -0.4 is 0 Å². The monoisotopic (exact) mass is 214 g/mol. The number of benzene rings is 1. The SMILES string of the molecule is Oc1ccc(CCCc2ccncn2)cc1. The Bertz CT molecular complexity index is 425. The Labute approximate surface area is 94.8 Å². The van der Waals surface area contributed by atoms with Crippen molar-refractivity contribution in [3.05, 3.63) is 54.1 Å². The minimum Gasteiger partial charge on any atom is -0.508 e. The van der Waals surface area contributed by atoms with Crippen LogP contribution in [0.15, 0.2) is 42.9 Å². The third-order valence-electron chi connectivity index (χ3n) is 2.48. The fraction of sp³-hybridized carbons (Fsp3) is 0.231. The molecule has 1 aromatic carbocycles. The average Bonchev–Trinajstić information content (AvgIpc) is 2.33. The summed E-state index contributed by atoms with van der Waals surface area (Å²) in [7, 11) is 0. The maximum absolute atomic E-state index is 9.14. The Hall–Kier alpha value is -1.90. The fourth-order valence-corrected chi connectivity index (χ4v) is 1.60. The Morgan fingerprint density at radius 3 is 2.50 bits per heavy atom. The van der Waals surface area contributed by atoms with Gasteiger partial charge in [-0.3, -0.25) is 0 Å². The van der Waals surface area contributed by atoms with Crippen molar-refractivity contribution < 1.29 is 5.11 Å². The van der Waals surface area contributed by atoms with Crippen molar-refractivity contribution in [2.75, 3.05) is 0 Å². The highest BCUT2D eigenvalue weighted by atomic mass is 16.3. The highest BCUT2D eigenvalue weighted by molar-refractivity contribution is 5.25. The van der Waals surface area contributed by atoms with Crippen LogP contribution >= 0.6 is 0 Å². The van der Waals surface area contributed by atoms with Gasteiger partial charge in [0.2, 0.25) is 0 Å². The van der Waals surface area contributed by atoms with Crippen molar-refractivity contribution in [2.24, 2.45) is 0 Å². The molecule has 0 amide bonds. The number of nitrogens with zero attached hydrogens (tertiary/aromatic N) is 2. The van der Waals surface area contributed by atoms with Gasteiger partial charge in [-0.05, 0) is 43.0 Å². The molecule has 0 spiro atoms. The van der Waals surface area contributed by atoms with E-state index < -0.39 is 0 Å². The van der Waals surface area contributed by atoms with E-state index in [1.165, 1.54) is 5.56 Å². The lowest BCUT2D eigenvalue weighted by molar-refractivity contribution is 0.475. The van der Waals surface area contributed by atoms with Gasteiger partial charge in [-0.1, -0.05) is 12.1 Å². The number of hydrogen-bond acceptors (Lipinski definition) is 3. The Kier molecular flexibility index (Phi) is 3.49. The molecule has 0 unspecified atom stereocenters. The highest BCUT2D eigenvalue weighted by Gasteiger charge is 1.96. The minimum atomic E-state index is 0.319. The molecule has 0 fully saturated rings. The molecule has 0 aliphatic carbocycles. The maximum atomic E-state index is 9.14. The van der Waals surface area contributed by atoms with Crippen molar-refractivity contribution in [3.63, 3.8) is 0 Å². The minimum absolute atomic E-state index is 0.319. The third-order valence-corrected chi connectivity index (χ3v) is 2.48. The van der Waals surface area contributed by atoms with Crippen LogP contribution in [-0.4, -0.2) is 15.1 Å². The standard InChI is InChI=1S/C13H14N2O/c16-13-6-4-11(5-7-13)2-1-3-12-8-9-14-10-15-12/h4-10,16H,1-3H2. The molecule has 0 bridgehead atoms. The van der Waals surface area contributed by atoms with E-state index in [0.29, 0.717) is 5.75 Å². The smallest absolute Gasteiger partial charge is 0.115 e. The van der Waals surface area contributed by atoms with Crippen molar-refractivity contribution in [2.45, 2.75) is 19.3 Å². The van der Waals surface area contributed by atoms with Crippen molar-refractivity contribution >= 4 is 0 Å². The van der Waals surface area contributed by atoms with Gasteiger partial charge in [0.05, 0.1) is 0 Å². The maximum Gasteiger partial charge on any atom is 0.115 e. The molecule has 1 aromatic heterocycles. The average molecular weight is 214 g/mol. The Morgan fingerprint density at radius 1 is 1.00 bits per heavy atom. The van der Waals surface area contributed by atoms with Crippen LogP contribution in [0.2, 0.25) is 0 Å².